The number of aromatic nitrogens is 2. The van der Waals surface area contributed by atoms with Crippen LogP contribution in [0.1, 0.15) is 34.3 Å². The van der Waals surface area contributed by atoms with Gasteiger partial charge in [-0.05, 0) is 33.3 Å². The van der Waals surface area contributed by atoms with Crippen LogP contribution >= 0.6 is 11.3 Å². The van der Waals surface area contributed by atoms with Crippen molar-refractivity contribution < 1.29 is 9.72 Å². The predicted octanol–water partition coefficient (Wildman–Crippen LogP) is 2.90. The third-order valence-electron chi connectivity index (χ3n) is 4.59. The zero-order valence-electron chi connectivity index (χ0n) is 16.3. The molecule has 0 bridgehead atoms. The van der Waals surface area contributed by atoms with Gasteiger partial charge in [-0.1, -0.05) is 12.1 Å². The van der Waals surface area contributed by atoms with Crippen LogP contribution in [0.3, 0.4) is 0 Å². The van der Waals surface area contributed by atoms with E-state index in [1.54, 1.807) is 26.0 Å². The normalized spacial score (nSPS) is 11.7. The number of hydrogen-bond donors (Lipinski definition) is 2. The zero-order chi connectivity index (χ0) is 21.3. The SMILES string of the molecule is C/C(=N/NC(=O)Cc1nc2sc(C)c(C)c2c(=O)[nH]1)c1ccc(C)c([N+](=O)[O-])c1. The van der Waals surface area contributed by atoms with Gasteiger partial charge in [0.2, 0.25) is 5.91 Å². The monoisotopic (exact) mass is 413 g/mol. The number of carbonyl (C=O) groups excluding carboxylic acids is 1. The number of H-pyrrole nitrogens is 1. The molecule has 0 saturated carbocycles. The second kappa shape index (κ2) is 7.92. The molecule has 0 spiro atoms. The van der Waals surface area contributed by atoms with Crippen molar-refractivity contribution in [2.45, 2.75) is 34.1 Å². The quantitative estimate of drug-likeness (QED) is 0.377. The molecule has 0 aliphatic heterocycles. The number of fused-ring (bicyclic) bond motifs is 1. The summed E-state index contributed by atoms with van der Waals surface area (Å²) >= 11 is 1.41. The van der Waals surface area contributed by atoms with Crippen molar-refractivity contribution in [3.63, 3.8) is 0 Å². The number of hydrogen-bond acceptors (Lipinski definition) is 7. The van der Waals surface area contributed by atoms with Crippen LogP contribution in [0.2, 0.25) is 0 Å². The van der Waals surface area contributed by atoms with Crippen molar-refractivity contribution in [1.29, 1.82) is 0 Å². The number of amides is 1. The number of carbonyl (C=O) groups is 1. The molecule has 2 aromatic heterocycles. The molecule has 0 aliphatic carbocycles. The molecule has 9 nitrogen and oxygen atoms in total. The number of aryl methyl sites for hydroxylation is 3. The second-order valence-corrected chi connectivity index (χ2v) is 7.85. The molecule has 0 aliphatic rings. The number of rotatable bonds is 5. The predicted molar refractivity (Wildman–Crippen MR) is 112 cm³/mol. The molecular formula is C19H19N5O4S. The highest BCUT2D eigenvalue weighted by Gasteiger charge is 2.14. The van der Waals surface area contributed by atoms with E-state index < -0.39 is 10.8 Å². The van der Waals surface area contributed by atoms with Gasteiger partial charge in [0.15, 0.2) is 0 Å². The lowest BCUT2D eigenvalue weighted by molar-refractivity contribution is -0.385. The standard InChI is InChI=1S/C19H19N5O4S/c1-9-5-6-13(7-14(9)24(27)28)11(3)22-23-16(25)8-15-20-18(26)17-10(2)12(4)29-19(17)21-15/h5-7H,8H2,1-4H3,(H,23,25)(H,20,21,26)/b22-11-. The van der Waals surface area contributed by atoms with Crippen LogP contribution < -0.4 is 11.0 Å². The maximum Gasteiger partial charge on any atom is 0.272 e. The van der Waals surface area contributed by atoms with E-state index in [2.05, 4.69) is 20.5 Å². The van der Waals surface area contributed by atoms with Gasteiger partial charge in [-0.15, -0.1) is 11.3 Å². The van der Waals surface area contributed by atoms with Gasteiger partial charge in [0.05, 0.1) is 22.4 Å². The van der Waals surface area contributed by atoms with E-state index in [1.165, 1.54) is 17.4 Å². The summed E-state index contributed by atoms with van der Waals surface area (Å²) < 4.78 is 0. The van der Waals surface area contributed by atoms with E-state index in [0.717, 1.165) is 10.4 Å². The Kier molecular flexibility index (Phi) is 5.55. The van der Waals surface area contributed by atoms with Gasteiger partial charge < -0.3 is 4.98 Å². The lowest BCUT2D eigenvalue weighted by Crippen LogP contribution is -2.24. The lowest BCUT2D eigenvalue weighted by Gasteiger charge is -2.04. The summed E-state index contributed by atoms with van der Waals surface area (Å²) in [4.78, 5) is 43.7. The molecule has 0 unspecified atom stereocenters. The van der Waals surface area contributed by atoms with Gasteiger partial charge in [0.25, 0.3) is 11.2 Å². The van der Waals surface area contributed by atoms with Crippen LogP contribution in [0.25, 0.3) is 10.2 Å². The fourth-order valence-electron chi connectivity index (χ4n) is 2.82. The van der Waals surface area contributed by atoms with Crippen molar-refractivity contribution in [3.8, 4) is 0 Å². The minimum Gasteiger partial charge on any atom is -0.309 e. The summed E-state index contributed by atoms with van der Waals surface area (Å²) in [7, 11) is 0. The van der Waals surface area contributed by atoms with E-state index in [4.69, 9.17) is 0 Å². The summed E-state index contributed by atoms with van der Waals surface area (Å²) in [6, 6.07) is 4.74. The molecule has 3 rings (SSSR count). The third kappa shape index (κ3) is 4.21. The van der Waals surface area contributed by atoms with E-state index in [-0.39, 0.29) is 23.5 Å². The van der Waals surface area contributed by atoms with Crippen LogP contribution in [-0.2, 0) is 11.2 Å². The molecule has 3 aromatic rings. The van der Waals surface area contributed by atoms with Crippen molar-refractivity contribution in [1.82, 2.24) is 15.4 Å². The number of aromatic amines is 1. The molecule has 1 amide bonds. The fourth-order valence-corrected chi connectivity index (χ4v) is 3.87. The van der Waals surface area contributed by atoms with Gasteiger partial charge in [-0.25, -0.2) is 10.4 Å². The summed E-state index contributed by atoms with van der Waals surface area (Å²) in [6.07, 6.45) is -0.147. The Labute approximate surface area is 169 Å². The highest BCUT2D eigenvalue weighted by molar-refractivity contribution is 7.18. The molecule has 2 heterocycles. The number of benzene rings is 1. The number of nitro benzene ring substituents is 1. The minimum atomic E-state index is -0.461. The second-order valence-electron chi connectivity index (χ2n) is 6.64. The molecule has 0 fully saturated rings. The summed E-state index contributed by atoms with van der Waals surface area (Å²) in [5, 5.41) is 15.6. The molecule has 29 heavy (non-hydrogen) atoms. The minimum absolute atomic E-state index is 0.0139. The molecule has 0 saturated heterocycles. The number of nitrogens with one attached hydrogen (secondary N) is 2. The number of nitro groups is 1. The molecule has 0 atom stereocenters. The van der Waals surface area contributed by atoms with Crippen molar-refractivity contribution >= 4 is 38.9 Å². The Morgan fingerprint density at radius 1 is 1.34 bits per heavy atom. The first kappa shape index (κ1) is 20.3. The van der Waals surface area contributed by atoms with Gasteiger partial charge in [-0.2, -0.15) is 5.10 Å². The van der Waals surface area contributed by atoms with Crippen LogP contribution in [0.5, 0.6) is 0 Å². The van der Waals surface area contributed by atoms with Crippen molar-refractivity contribution in [3.05, 3.63) is 66.1 Å². The molecule has 10 heteroatoms. The van der Waals surface area contributed by atoms with Gasteiger partial charge >= 0.3 is 0 Å². The van der Waals surface area contributed by atoms with Crippen LogP contribution in [0.4, 0.5) is 5.69 Å². The van der Waals surface area contributed by atoms with E-state index in [0.29, 0.717) is 27.1 Å². The van der Waals surface area contributed by atoms with E-state index >= 15 is 0 Å². The fraction of sp³-hybridized carbons (Fsp3) is 0.263. The third-order valence-corrected chi connectivity index (χ3v) is 5.69. The maximum absolute atomic E-state index is 12.3. The smallest absolute Gasteiger partial charge is 0.272 e. The summed E-state index contributed by atoms with van der Waals surface area (Å²) in [5.41, 5.74) is 4.49. The molecule has 150 valence electrons. The number of thiophene rings is 1. The van der Waals surface area contributed by atoms with E-state index in [9.17, 15) is 19.7 Å². The molecule has 1 aromatic carbocycles. The van der Waals surface area contributed by atoms with Crippen molar-refractivity contribution in [2.24, 2.45) is 5.10 Å². The average molecular weight is 413 g/mol. The molecule has 0 radical (unpaired) electrons. The first-order valence-corrected chi connectivity index (χ1v) is 9.56. The Morgan fingerprint density at radius 3 is 2.76 bits per heavy atom. The van der Waals surface area contributed by atoms with Crippen LogP contribution in [0, 0.1) is 30.9 Å². The van der Waals surface area contributed by atoms with E-state index in [1.807, 2.05) is 13.8 Å². The number of hydrazone groups is 1. The molecular weight excluding hydrogens is 394 g/mol. The Bertz CT molecular complexity index is 1230. The number of nitrogens with zero attached hydrogens (tertiary/aromatic N) is 3. The topological polar surface area (TPSA) is 130 Å². The average Bonchev–Trinajstić information content (AvgIpc) is 2.94. The van der Waals surface area contributed by atoms with Gasteiger partial charge in [-0.3, -0.25) is 19.7 Å². The first-order chi connectivity index (χ1) is 13.7. The van der Waals surface area contributed by atoms with Crippen molar-refractivity contribution in [2.75, 3.05) is 0 Å². The Balaban J connectivity index is 1.76. The summed E-state index contributed by atoms with van der Waals surface area (Å²) in [6.45, 7) is 7.07. The highest BCUT2D eigenvalue weighted by atomic mass is 32.1. The maximum atomic E-state index is 12.3. The van der Waals surface area contributed by atoms with Crippen LogP contribution in [-0.4, -0.2) is 26.5 Å². The largest absolute Gasteiger partial charge is 0.309 e. The lowest BCUT2D eigenvalue weighted by atomic mass is 10.1. The summed E-state index contributed by atoms with van der Waals surface area (Å²) in [5.74, 6) is -0.210. The van der Waals surface area contributed by atoms with Gasteiger partial charge in [0.1, 0.15) is 10.7 Å². The highest BCUT2D eigenvalue weighted by Crippen LogP contribution is 2.25. The first-order valence-electron chi connectivity index (χ1n) is 8.74. The van der Waals surface area contributed by atoms with Gasteiger partial charge in [0, 0.05) is 22.1 Å². The Morgan fingerprint density at radius 2 is 2.07 bits per heavy atom. The van der Waals surface area contributed by atoms with Crippen LogP contribution in [0.15, 0.2) is 28.1 Å². The Hall–Kier alpha value is -3.40. The zero-order valence-corrected chi connectivity index (χ0v) is 17.1. The molecule has 2 N–H and O–H groups in total.